The first-order chi connectivity index (χ1) is 30.6. The molecule has 2 aromatic carbocycles. The Kier molecular flexibility index (Phi) is 16.9. The number of aromatic nitrogens is 3. The number of imidazole rings is 1. The molecule has 3 heterocycles. The number of aromatic hydroxyl groups is 1. The first kappa shape index (κ1) is 47.7. The van der Waals surface area contributed by atoms with Gasteiger partial charge in [0.1, 0.15) is 42.0 Å². The quantitative estimate of drug-likeness (QED) is 0.0221. The van der Waals surface area contributed by atoms with Crippen LogP contribution in [0, 0.1) is 5.92 Å². The second-order valence-corrected chi connectivity index (χ2v) is 15.8. The summed E-state index contributed by atoms with van der Waals surface area (Å²) in [4.78, 5) is 116. The molecule has 342 valence electrons. The molecule has 8 amide bonds. The van der Waals surface area contributed by atoms with Gasteiger partial charge < -0.3 is 57.4 Å². The average molecular weight is 887 g/mol. The number of aromatic amines is 2. The number of aliphatic hydroxyl groups excluding tert-OH is 1. The third-order valence-corrected chi connectivity index (χ3v) is 10.4. The molecule has 0 radical (unpaired) electrons. The molecule has 0 spiro atoms. The van der Waals surface area contributed by atoms with Crippen molar-refractivity contribution in [3.8, 4) is 5.75 Å². The zero-order chi connectivity index (χ0) is 46.3. The number of nitrogens with one attached hydrogen (secondary N) is 10. The second-order valence-electron chi connectivity index (χ2n) is 15.8. The monoisotopic (exact) mass is 886 g/mol. The van der Waals surface area contributed by atoms with Gasteiger partial charge in [-0.15, -0.1) is 0 Å². The number of carbonyl (C=O) groups is 8. The van der Waals surface area contributed by atoms with Crippen molar-refractivity contribution in [2.24, 2.45) is 11.8 Å². The maximum Gasteiger partial charge on any atom is 0.256 e. The maximum atomic E-state index is 14.2. The molecule has 1 fully saturated rings. The molecule has 0 unspecified atom stereocenters. The van der Waals surface area contributed by atoms with Gasteiger partial charge in [-0.2, -0.15) is 0 Å². The normalized spacial score (nSPS) is 15.8. The molecule has 64 heavy (non-hydrogen) atoms. The number of hydrogen-bond donors (Lipinski definition) is 13. The SMILES string of the molecule is CC(C)C[C@H](NC(=O)CNC(=O)[C@H](Cc1ccc(O)cc1)NC(=O)[C@H](CO)NC(=O)[C@H](Cc1c[nH]c2ccccc12)NC(=O)[C@@H](Cc1cnc[nH]1)NC(=O)[C@H]1CCC(=O)N1)C(=O)NN. The molecular formula is C42H54N12O10. The van der Waals surface area contributed by atoms with Crippen LogP contribution in [0.5, 0.6) is 5.75 Å². The van der Waals surface area contributed by atoms with E-state index in [-0.39, 0.29) is 56.1 Å². The summed E-state index contributed by atoms with van der Waals surface area (Å²) in [5.74, 6) is -0.593. The highest BCUT2D eigenvalue weighted by Crippen LogP contribution is 2.20. The number of benzene rings is 2. The number of nitrogens with zero attached hydrogens (tertiary/aromatic N) is 1. The minimum Gasteiger partial charge on any atom is -0.508 e. The topological polar surface area (TPSA) is 344 Å². The van der Waals surface area contributed by atoms with E-state index in [9.17, 15) is 48.6 Å². The largest absolute Gasteiger partial charge is 0.508 e. The lowest BCUT2D eigenvalue weighted by molar-refractivity contribution is -0.135. The molecule has 4 aromatic rings. The van der Waals surface area contributed by atoms with Crippen LogP contribution in [0.25, 0.3) is 10.9 Å². The molecule has 6 atom stereocenters. The number of phenolic OH excluding ortho intramolecular Hbond substituents is 1. The van der Waals surface area contributed by atoms with E-state index in [2.05, 4.69) is 52.2 Å². The van der Waals surface area contributed by atoms with E-state index >= 15 is 0 Å². The predicted molar refractivity (Wildman–Crippen MR) is 229 cm³/mol. The number of aliphatic hydroxyl groups is 1. The lowest BCUT2D eigenvalue weighted by Gasteiger charge is -2.26. The van der Waals surface area contributed by atoms with Crippen LogP contribution in [-0.2, 0) is 57.6 Å². The number of carbonyl (C=O) groups excluding carboxylic acids is 8. The number of phenols is 1. The van der Waals surface area contributed by atoms with Crippen LogP contribution in [0.4, 0.5) is 0 Å². The number of fused-ring (bicyclic) bond motifs is 1. The molecule has 0 bridgehead atoms. The number of nitrogens with two attached hydrogens (primary N) is 1. The summed E-state index contributed by atoms with van der Waals surface area (Å²) in [5, 5.41) is 38.9. The Morgan fingerprint density at radius 2 is 1.44 bits per heavy atom. The van der Waals surface area contributed by atoms with E-state index in [0.717, 1.165) is 10.9 Å². The van der Waals surface area contributed by atoms with Crippen LogP contribution in [-0.4, -0.2) is 122 Å². The number of hydrogen-bond acceptors (Lipinski definition) is 12. The summed E-state index contributed by atoms with van der Waals surface area (Å²) in [6, 6.07) is 5.38. The van der Waals surface area contributed by atoms with Gasteiger partial charge >= 0.3 is 0 Å². The van der Waals surface area contributed by atoms with Gasteiger partial charge in [-0.05, 0) is 48.1 Å². The Hall–Kier alpha value is -7.33. The standard InChI is InChI=1S/C42H54N12O10/c1-22(2)13-30(42(64)54-43)49-36(58)19-46-37(59)31(14-23-7-9-26(56)10-8-23)50-41(63)34(20-55)53-39(61)32(15-24-17-45-28-6-4-3-5-27(24)28)51-40(62)33(16-25-18-44-21-47-25)52-38(60)29-11-12-35(57)48-29/h3-10,17-18,21-22,29-34,45,55-56H,11-16,19-20,43H2,1-2H3,(H,44,47)(H,46,59)(H,48,57)(H,49,58)(H,50,63)(H,51,62)(H,52,60)(H,53,61)(H,54,64)/t29-,30+,31+,32+,33-,34+/m1/s1. The Balaban J connectivity index is 1.34. The first-order valence-corrected chi connectivity index (χ1v) is 20.6. The minimum absolute atomic E-state index is 0.00679. The van der Waals surface area contributed by atoms with Crippen molar-refractivity contribution in [2.45, 2.75) is 88.6 Å². The van der Waals surface area contributed by atoms with E-state index in [1.165, 1.54) is 36.8 Å². The summed E-state index contributed by atoms with van der Waals surface area (Å²) in [6.45, 7) is 2.13. The van der Waals surface area contributed by atoms with E-state index in [4.69, 9.17) is 5.84 Å². The zero-order valence-electron chi connectivity index (χ0n) is 35.2. The minimum atomic E-state index is -1.67. The second kappa shape index (κ2) is 22.7. The highest BCUT2D eigenvalue weighted by molar-refractivity contribution is 5.98. The van der Waals surface area contributed by atoms with Crippen LogP contribution in [0.1, 0.15) is 49.9 Å². The Morgan fingerprint density at radius 3 is 2.06 bits per heavy atom. The van der Waals surface area contributed by atoms with Gasteiger partial charge in [-0.1, -0.05) is 44.2 Å². The molecule has 2 aromatic heterocycles. The summed E-state index contributed by atoms with van der Waals surface area (Å²) >= 11 is 0. The summed E-state index contributed by atoms with van der Waals surface area (Å²) in [6.07, 6.45) is 4.76. The number of para-hydroxylation sites is 1. The van der Waals surface area contributed by atoms with Crippen molar-refractivity contribution in [3.05, 3.63) is 84.1 Å². The summed E-state index contributed by atoms with van der Waals surface area (Å²) in [5.41, 5.74) is 4.31. The number of amides is 8. The lowest BCUT2D eigenvalue weighted by atomic mass is 10.0. The number of hydrazine groups is 1. The third-order valence-electron chi connectivity index (χ3n) is 10.4. The summed E-state index contributed by atoms with van der Waals surface area (Å²) < 4.78 is 0. The van der Waals surface area contributed by atoms with Gasteiger partial charge in [-0.25, -0.2) is 10.8 Å². The molecule has 22 heteroatoms. The van der Waals surface area contributed by atoms with E-state index in [1.54, 1.807) is 12.3 Å². The maximum absolute atomic E-state index is 14.2. The highest BCUT2D eigenvalue weighted by atomic mass is 16.3. The van der Waals surface area contributed by atoms with Crippen molar-refractivity contribution in [1.29, 1.82) is 0 Å². The Morgan fingerprint density at radius 1 is 0.781 bits per heavy atom. The van der Waals surface area contributed by atoms with E-state index in [0.29, 0.717) is 16.8 Å². The van der Waals surface area contributed by atoms with Crippen LogP contribution >= 0.6 is 0 Å². The fraction of sp³-hybridized carbons (Fsp3) is 0.405. The Bertz CT molecular complexity index is 2280. The fourth-order valence-corrected chi connectivity index (χ4v) is 7.07. The van der Waals surface area contributed by atoms with Crippen molar-refractivity contribution < 1.29 is 48.6 Å². The van der Waals surface area contributed by atoms with Crippen molar-refractivity contribution in [2.75, 3.05) is 13.2 Å². The van der Waals surface area contributed by atoms with Crippen molar-refractivity contribution in [1.82, 2.24) is 57.6 Å². The van der Waals surface area contributed by atoms with Crippen molar-refractivity contribution >= 4 is 58.2 Å². The summed E-state index contributed by atoms with van der Waals surface area (Å²) in [7, 11) is 0. The smallest absolute Gasteiger partial charge is 0.256 e. The molecule has 22 nitrogen and oxygen atoms in total. The third kappa shape index (κ3) is 13.6. The van der Waals surface area contributed by atoms with E-state index in [1.807, 2.05) is 37.5 Å². The molecule has 0 aliphatic carbocycles. The molecule has 1 aliphatic heterocycles. The molecule has 14 N–H and O–H groups in total. The zero-order valence-corrected chi connectivity index (χ0v) is 35.2. The van der Waals surface area contributed by atoms with Crippen LogP contribution in [0.3, 0.4) is 0 Å². The lowest BCUT2D eigenvalue weighted by Crippen LogP contribution is -2.60. The van der Waals surface area contributed by atoms with Gasteiger partial charge in [0.05, 0.1) is 19.5 Å². The predicted octanol–water partition coefficient (Wildman–Crippen LogP) is -2.53. The molecule has 1 saturated heterocycles. The first-order valence-electron chi connectivity index (χ1n) is 20.6. The van der Waals surface area contributed by atoms with Gasteiger partial charge in [-0.3, -0.25) is 43.8 Å². The Labute approximate surface area is 367 Å². The molecule has 1 aliphatic rings. The molecular weight excluding hydrogens is 833 g/mol. The van der Waals surface area contributed by atoms with Crippen LogP contribution in [0.2, 0.25) is 0 Å². The van der Waals surface area contributed by atoms with Crippen LogP contribution < -0.4 is 48.5 Å². The number of rotatable bonds is 22. The van der Waals surface area contributed by atoms with Gasteiger partial charge in [0.15, 0.2) is 0 Å². The highest BCUT2D eigenvalue weighted by Gasteiger charge is 2.35. The average Bonchev–Trinajstić information content (AvgIpc) is 4.06. The fourth-order valence-electron chi connectivity index (χ4n) is 7.07. The van der Waals surface area contributed by atoms with Gasteiger partial charge in [0, 0.05) is 54.7 Å². The number of H-pyrrole nitrogens is 2. The molecule has 5 rings (SSSR count). The van der Waals surface area contributed by atoms with Gasteiger partial charge in [0.2, 0.25) is 41.4 Å². The van der Waals surface area contributed by atoms with Crippen molar-refractivity contribution in [3.63, 3.8) is 0 Å². The molecule has 0 saturated carbocycles. The van der Waals surface area contributed by atoms with Gasteiger partial charge in [0.25, 0.3) is 5.91 Å². The van der Waals surface area contributed by atoms with Crippen LogP contribution in [0.15, 0.2) is 67.3 Å². The van der Waals surface area contributed by atoms with E-state index < -0.39 is 90.8 Å².